The average Bonchev–Trinajstić information content (AvgIpc) is 3.43. The molecular weight excluding hydrogens is 440 g/mol. The third kappa shape index (κ3) is 4.44. The van der Waals surface area contributed by atoms with Crippen molar-refractivity contribution < 1.29 is 19.1 Å². The molecule has 0 radical (unpaired) electrons. The Bertz CT molecular complexity index is 1440. The van der Waals surface area contributed by atoms with Crippen molar-refractivity contribution in [2.75, 3.05) is 11.9 Å². The van der Waals surface area contributed by atoms with Crippen LogP contribution < -0.4 is 10.1 Å². The van der Waals surface area contributed by atoms with Gasteiger partial charge in [0.1, 0.15) is 23.6 Å². The normalized spacial score (nSPS) is 11.2. The van der Waals surface area contributed by atoms with E-state index in [1.165, 1.54) is 0 Å². The Morgan fingerprint density at radius 2 is 1.91 bits per heavy atom. The van der Waals surface area contributed by atoms with Crippen molar-refractivity contribution in [1.29, 1.82) is 0 Å². The molecule has 5 aromatic rings. The van der Waals surface area contributed by atoms with Crippen molar-refractivity contribution >= 4 is 45.1 Å². The number of aliphatic hydroxyl groups is 1. The van der Waals surface area contributed by atoms with Gasteiger partial charge in [-0.1, -0.05) is 29.8 Å². The minimum absolute atomic E-state index is 0.0930. The standard InChI is InChI=1S/C26H21ClN2O4/c27-18-6-9-25-20(12-18)17(15-33-25)14-32-24-3-1-2-22-21(24)13-23(29-22)26(31)28-19-7-4-16(5-8-19)10-11-30/h1-9,12-13,15,29-30H,10-11,14H2,(H,28,31). The first kappa shape index (κ1) is 21.1. The highest BCUT2D eigenvalue weighted by Crippen LogP contribution is 2.30. The van der Waals surface area contributed by atoms with Gasteiger partial charge in [-0.15, -0.1) is 0 Å². The molecule has 2 aromatic heterocycles. The van der Waals surface area contributed by atoms with Crippen molar-refractivity contribution in [2.24, 2.45) is 0 Å². The Hall–Kier alpha value is -3.74. The molecule has 3 N–H and O–H groups in total. The maximum atomic E-state index is 12.8. The fraction of sp³-hybridized carbons (Fsp3) is 0.115. The number of carbonyl (C=O) groups excluding carboxylic acids is 1. The topological polar surface area (TPSA) is 87.5 Å². The van der Waals surface area contributed by atoms with Gasteiger partial charge in [-0.25, -0.2) is 0 Å². The lowest BCUT2D eigenvalue weighted by molar-refractivity contribution is 0.102. The van der Waals surface area contributed by atoms with E-state index in [1.54, 1.807) is 18.4 Å². The monoisotopic (exact) mass is 460 g/mol. The molecular formula is C26H21ClN2O4. The SMILES string of the molecule is O=C(Nc1ccc(CCO)cc1)c1cc2c(OCc3coc4ccc(Cl)cc34)cccc2[nH]1. The van der Waals surface area contributed by atoms with Crippen molar-refractivity contribution in [3.8, 4) is 5.75 Å². The molecule has 0 unspecified atom stereocenters. The second-order valence-corrected chi connectivity index (χ2v) is 8.15. The minimum Gasteiger partial charge on any atom is -0.488 e. The number of carbonyl (C=O) groups is 1. The van der Waals surface area contributed by atoms with E-state index in [2.05, 4.69) is 10.3 Å². The van der Waals surface area contributed by atoms with Gasteiger partial charge in [-0.3, -0.25) is 4.79 Å². The van der Waals surface area contributed by atoms with Crippen LogP contribution in [-0.4, -0.2) is 22.6 Å². The van der Waals surface area contributed by atoms with Crippen LogP contribution in [0.5, 0.6) is 5.75 Å². The fourth-order valence-electron chi connectivity index (χ4n) is 3.78. The second-order valence-electron chi connectivity index (χ2n) is 7.72. The minimum atomic E-state index is -0.248. The molecule has 0 spiro atoms. The molecule has 0 bridgehead atoms. The summed E-state index contributed by atoms with van der Waals surface area (Å²) >= 11 is 6.12. The van der Waals surface area contributed by atoms with E-state index in [-0.39, 0.29) is 12.5 Å². The third-order valence-corrected chi connectivity index (χ3v) is 5.72. The largest absolute Gasteiger partial charge is 0.488 e. The summed E-state index contributed by atoms with van der Waals surface area (Å²) in [5.41, 5.74) is 4.57. The number of amides is 1. The fourth-order valence-corrected chi connectivity index (χ4v) is 3.95. The molecule has 0 atom stereocenters. The van der Waals surface area contributed by atoms with E-state index < -0.39 is 0 Å². The maximum Gasteiger partial charge on any atom is 0.272 e. The summed E-state index contributed by atoms with van der Waals surface area (Å²) in [6.07, 6.45) is 2.25. The van der Waals surface area contributed by atoms with E-state index in [0.29, 0.717) is 35.2 Å². The van der Waals surface area contributed by atoms with Gasteiger partial charge in [0.15, 0.2) is 0 Å². The van der Waals surface area contributed by atoms with E-state index >= 15 is 0 Å². The van der Waals surface area contributed by atoms with E-state index in [4.69, 9.17) is 25.9 Å². The molecule has 6 nitrogen and oxygen atoms in total. The maximum absolute atomic E-state index is 12.8. The van der Waals surface area contributed by atoms with Crippen LogP contribution in [-0.2, 0) is 13.0 Å². The third-order valence-electron chi connectivity index (χ3n) is 5.48. The highest BCUT2D eigenvalue weighted by molar-refractivity contribution is 6.31. The van der Waals surface area contributed by atoms with Crippen LogP contribution in [0.4, 0.5) is 5.69 Å². The molecule has 0 saturated heterocycles. The Balaban J connectivity index is 1.34. The number of hydrogen-bond donors (Lipinski definition) is 3. The van der Waals surface area contributed by atoms with Crippen molar-refractivity contribution in [3.05, 3.63) is 94.8 Å². The zero-order valence-corrected chi connectivity index (χ0v) is 18.4. The lowest BCUT2D eigenvalue weighted by Crippen LogP contribution is -2.12. The summed E-state index contributed by atoms with van der Waals surface area (Å²) in [6, 6.07) is 20.3. The van der Waals surface area contributed by atoms with E-state index in [1.807, 2.05) is 54.6 Å². The van der Waals surface area contributed by atoms with Gasteiger partial charge in [0.2, 0.25) is 0 Å². The summed E-state index contributed by atoms with van der Waals surface area (Å²) in [5.74, 6) is 0.412. The molecule has 7 heteroatoms. The number of hydrogen-bond acceptors (Lipinski definition) is 4. The number of H-pyrrole nitrogens is 1. The molecule has 0 saturated carbocycles. The summed E-state index contributed by atoms with van der Waals surface area (Å²) in [4.78, 5) is 15.9. The predicted molar refractivity (Wildman–Crippen MR) is 129 cm³/mol. The average molecular weight is 461 g/mol. The smallest absolute Gasteiger partial charge is 0.272 e. The lowest BCUT2D eigenvalue weighted by atomic mass is 10.1. The van der Waals surface area contributed by atoms with Gasteiger partial charge in [0, 0.05) is 39.2 Å². The molecule has 5 rings (SSSR count). The van der Waals surface area contributed by atoms with Gasteiger partial charge in [-0.2, -0.15) is 0 Å². The summed E-state index contributed by atoms with van der Waals surface area (Å²) < 4.78 is 11.7. The highest BCUT2D eigenvalue weighted by Gasteiger charge is 2.14. The summed E-state index contributed by atoms with van der Waals surface area (Å²) in [7, 11) is 0. The number of fused-ring (bicyclic) bond motifs is 2. The highest BCUT2D eigenvalue weighted by atomic mass is 35.5. The number of nitrogens with one attached hydrogen (secondary N) is 2. The molecule has 2 heterocycles. The van der Waals surface area contributed by atoms with E-state index in [9.17, 15) is 4.79 Å². The Morgan fingerprint density at radius 1 is 1.06 bits per heavy atom. The second kappa shape index (κ2) is 9.02. The van der Waals surface area contributed by atoms with Gasteiger partial charge < -0.3 is 24.6 Å². The van der Waals surface area contributed by atoms with Gasteiger partial charge in [0.25, 0.3) is 5.91 Å². The summed E-state index contributed by atoms with van der Waals surface area (Å²) in [5, 5.41) is 14.3. The number of aromatic nitrogens is 1. The van der Waals surface area contributed by atoms with Crippen LogP contribution in [0.25, 0.3) is 21.9 Å². The molecule has 0 aliphatic heterocycles. The van der Waals surface area contributed by atoms with Crippen LogP contribution >= 0.6 is 11.6 Å². The number of furan rings is 1. The summed E-state index contributed by atoms with van der Waals surface area (Å²) in [6.45, 7) is 0.398. The lowest BCUT2D eigenvalue weighted by Gasteiger charge is -2.06. The number of benzene rings is 3. The Labute approximate surface area is 194 Å². The molecule has 3 aromatic carbocycles. The Kier molecular flexibility index (Phi) is 5.77. The zero-order valence-electron chi connectivity index (χ0n) is 17.6. The zero-order chi connectivity index (χ0) is 22.8. The van der Waals surface area contributed by atoms with Crippen LogP contribution in [0.1, 0.15) is 21.6 Å². The van der Waals surface area contributed by atoms with Crippen LogP contribution in [0.3, 0.4) is 0 Å². The number of aromatic amines is 1. The quantitative estimate of drug-likeness (QED) is 0.281. The molecule has 166 valence electrons. The van der Waals surface area contributed by atoms with Crippen molar-refractivity contribution in [3.63, 3.8) is 0 Å². The van der Waals surface area contributed by atoms with Crippen molar-refractivity contribution in [2.45, 2.75) is 13.0 Å². The number of halogens is 1. The molecule has 33 heavy (non-hydrogen) atoms. The van der Waals surface area contributed by atoms with Crippen LogP contribution in [0.2, 0.25) is 5.02 Å². The first-order valence-corrected chi connectivity index (χ1v) is 10.9. The van der Waals surface area contributed by atoms with Crippen LogP contribution in [0, 0.1) is 0 Å². The predicted octanol–water partition coefficient (Wildman–Crippen LogP) is 5.93. The molecule has 0 aliphatic carbocycles. The first-order valence-electron chi connectivity index (χ1n) is 10.5. The van der Waals surface area contributed by atoms with Gasteiger partial charge in [0.05, 0.1) is 6.26 Å². The van der Waals surface area contributed by atoms with Crippen LogP contribution in [0.15, 0.2) is 77.4 Å². The molecule has 0 aliphatic rings. The van der Waals surface area contributed by atoms with Crippen molar-refractivity contribution in [1.82, 2.24) is 4.98 Å². The van der Waals surface area contributed by atoms with E-state index in [0.717, 1.165) is 33.0 Å². The molecule has 0 fully saturated rings. The first-order chi connectivity index (χ1) is 16.1. The number of rotatable bonds is 7. The number of ether oxygens (including phenoxy) is 1. The van der Waals surface area contributed by atoms with Gasteiger partial charge >= 0.3 is 0 Å². The number of aliphatic hydroxyl groups excluding tert-OH is 1. The Morgan fingerprint density at radius 3 is 2.73 bits per heavy atom. The number of anilines is 1. The van der Waals surface area contributed by atoms with Gasteiger partial charge in [-0.05, 0) is 60.5 Å². The molecule has 1 amide bonds.